The molecule has 1 aromatic rings. The highest BCUT2D eigenvalue weighted by atomic mass is 16.4. The molecule has 0 unspecified atom stereocenters. The van der Waals surface area contributed by atoms with Crippen molar-refractivity contribution in [3.8, 4) is 0 Å². The monoisotopic (exact) mass is 1020 g/mol. The molecule has 0 radical (unpaired) electrons. The van der Waals surface area contributed by atoms with Crippen LogP contribution >= 0.6 is 0 Å². The van der Waals surface area contributed by atoms with E-state index in [4.69, 9.17) is 22.9 Å². The second-order valence-corrected chi connectivity index (χ2v) is 18.7. The number of carboxylic acids is 1. The Hall–Kier alpha value is -7.22. The number of aliphatic carboxylic acids is 1. The summed E-state index contributed by atoms with van der Waals surface area (Å²) in [6.07, 6.45) is -3.75. The molecule has 0 saturated heterocycles. The zero-order chi connectivity index (χ0) is 55.0. The fraction of sp³-hybridized carbons (Fsp3) is 0.609. The van der Waals surface area contributed by atoms with Gasteiger partial charge in [0.1, 0.15) is 42.3 Å². The number of benzene rings is 1. The molecule has 0 aliphatic rings. The molecule has 0 aliphatic heterocycles. The van der Waals surface area contributed by atoms with Crippen molar-refractivity contribution in [2.24, 2.45) is 40.7 Å². The molecule has 18 N–H and O–H groups in total. The van der Waals surface area contributed by atoms with Gasteiger partial charge in [-0.25, -0.2) is 4.79 Å². The van der Waals surface area contributed by atoms with Gasteiger partial charge in [-0.05, 0) is 55.9 Å². The number of nitrogens with one attached hydrogen (secondary N) is 8. The predicted octanol–water partition coefficient (Wildman–Crippen LogP) is -4.31. The van der Waals surface area contributed by atoms with Crippen LogP contribution in [-0.2, 0) is 64.0 Å². The SMILES string of the molecule is CC(C)C[C@H](NC(=O)[C@H](CCC(N)=O)NC(=O)[C@H](CC(N)=O)NC(=O)CNC(=O)[C@@H](NC(=O)[C@H](CC(C)C)NC(=O)[C@H](Cc1ccccc1)NC(=O)[C@H](CC(C)C)NC(=O)[C@@H](N)CC(N)=O)[C@@H](C)O)C(=O)O. The van der Waals surface area contributed by atoms with E-state index in [-0.39, 0.29) is 43.4 Å². The Bertz CT molecular complexity index is 2070. The van der Waals surface area contributed by atoms with Crippen LogP contribution in [0.1, 0.15) is 99.0 Å². The van der Waals surface area contributed by atoms with Crippen molar-refractivity contribution in [3.63, 3.8) is 0 Å². The van der Waals surface area contributed by atoms with E-state index in [9.17, 15) is 67.7 Å². The molecule has 9 atom stereocenters. The third-order valence-corrected chi connectivity index (χ3v) is 10.5. The Labute approximate surface area is 417 Å². The molecule has 0 fully saturated rings. The first kappa shape index (κ1) is 62.8. The fourth-order valence-electron chi connectivity index (χ4n) is 6.98. The van der Waals surface area contributed by atoms with Gasteiger partial charge in [0.05, 0.1) is 31.5 Å². The molecule has 72 heavy (non-hydrogen) atoms. The highest BCUT2D eigenvalue weighted by molar-refractivity contribution is 5.98. The van der Waals surface area contributed by atoms with Gasteiger partial charge in [0, 0.05) is 12.8 Å². The summed E-state index contributed by atoms with van der Waals surface area (Å²) in [5.74, 6) is -12.5. The fourth-order valence-corrected chi connectivity index (χ4v) is 6.98. The molecule has 0 aliphatic carbocycles. The van der Waals surface area contributed by atoms with Crippen LogP contribution < -0.4 is 65.5 Å². The second kappa shape index (κ2) is 31.2. The number of hydrogen-bond acceptors (Lipinski definition) is 14. The van der Waals surface area contributed by atoms with E-state index < -0.39 is 158 Å². The van der Waals surface area contributed by atoms with E-state index in [0.717, 1.165) is 6.92 Å². The van der Waals surface area contributed by atoms with Crippen molar-refractivity contribution in [2.45, 2.75) is 154 Å². The number of aliphatic hydroxyl groups excluding tert-OH is 1. The van der Waals surface area contributed by atoms with Gasteiger partial charge in [0.2, 0.25) is 65.0 Å². The smallest absolute Gasteiger partial charge is 0.326 e. The number of carbonyl (C=O) groups is 12. The predicted molar refractivity (Wildman–Crippen MR) is 258 cm³/mol. The van der Waals surface area contributed by atoms with Crippen LogP contribution in [0.5, 0.6) is 0 Å². The molecule has 0 heterocycles. The quantitative estimate of drug-likeness (QED) is 0.0317. The van der Waals surface area contributed by atoms with Crippen molar-refractivity contribution in [2.75, 3.05) is 6.54 Å². The standard InChI is InChI=1S/C46H74N12O14/c1-22(2)15-29(54-39(64)27(47)19-35(49)61)41(66)56-31(18-26-11-9-8-10-12-26)42(67)55-30(16-23(3)4)44(69)58-38(25(7)59)45(70)51-21-37(63)52-32(20-36(50)62)43(68)53-28(13-14-34(48)60)40(65)57-33(46(71)72)17-24(5)6/h8-12,22-25,27-33,38,59H,13-21,47H2,1-7H3,(H2,48,60)(H2,49,61)(H2,50,62)(H,51,70)(H,52,63)(H,53,68)(H,54,64)(H,55,67)(H,56,66)(H,57,65)(H,58,69)(H,71,72)/t25-,27+,28+,29+,30+,31+,32+,33+,38+/m1/s1. The Morgan fingerprint density at radius 1 is 0.500 bits per heavy atom. The van der Waals surface area contributed by atoms with Crippen LogP contribution in [0.25, 0.3) is 0 Å². The van der Waals surface area contributed by atoms with Crippen molar-refractivity contribution in [1.82, 2.24) is 42.5 Å². The van der Waals surface area contributed by atoms with Crippen LogP contribution in [0.2, 0.25) is 0 Å². The van der Waals surface area contributed by atoms with Gasteiger partial charge in [0.15, 0.2) is 0 Å². The summed E-state index contributed by atoms with van der Waals surface area (Å²) in [6.45, 7) is 10.7. The molecular formula is C46H74N12O14. The molecule has 0 bridgehead atoms. The summed E-state index contributed by atoms with van der Waals surface area (Å²) in [5.41, 5.74) is 22.1. The third-order valence-electron chi connectivity index (χ3n) is 10.5. The highest BCUT2D eigenvalue weighted by Gasteiger charge is 2.35. The molecule has 402 valence electrons. The average molecular weight is 1020 g/mol. The van der Waals surface area contributed by atoms with Crippen LogP contribution in [0.4, 0.5) is 0 Å². The number of carboxylic acid groups (broad SMARTS) is 1. The van der Waals surface area contributed by atoms with Gasteiger partial charge in [-0.3, -0.25) is 52.7 Å². The number of carbonyl (C=O) groups excluding carboxylic acids is 11. The van der Waals surface area contributed by atoms with E-state index >= 15 is 0 Å². The van der Waals surface area contributed by atoms with Crippen LogP contribution in [0.15, 0.2) is 30.3 Å². The molecule has 1 rings (SSSR count). The maximum atomic E-state index is 14.1. The summed E-state index contributed by atoms with van der Waals surface area (Å²) >= 11 is 0. The number of primary amides is 3. The van der Waals surface area contributed by atoms with Gasteiger partial charge in [-0.2, -0.15) is 0 Å². The summed E-state index contributed by atoms with van der Waals surface area (Å²) in [7, 11) is 0. The highest BCUT2D eigenvalue weighted by Crippen LogP contribution is 2.12. The van der Waals surface area contributed by atoms with Crippen LogP contribution in [-0.4, -0.2) is 142 Å². The first-order chi connectivity index (χ1) is 33.5. The first-order valence-corrected chi connectivity index (χ1v) is 23.5. The zero-order valence-electron chi connectivity index (χ0n) is 41.8. The Morgan fingerprint density at radius 3 is 1.42 bits per heavy atom. The Kier molecular flexibility index (Phi) is 27.2. The minimum Gasteiger partial charge on any atom is -0.480 e. The largest absolute Gasteiger partial charge is 0.480 e. The van der Waals surface area contributed by atoms with Gasteiger partial charge >= 0.3 is 5.97 Å². The number of rotatable bonds is 33. The number of nitrogens with two attached hydrogens (primary N) is 4. The van der Waals surface area contributed by atoms with Gasteiger partial charge in [-0.1, -0.05) is 71.9 Å². The lowest BCUT2D eigenvalue weighted by molar-refractivity contribution is -0.143. The molecule has 11 amide bonds. The van der Waals surface area contributed by atoms with Gasteiger partial charge in [-0.15, -0.1) is 0 Å². The summed E-state index contributed by atoms with van der Waals surface area (Å²) in [6, 6.07) is -3.23. The van der Waals surface area contributed by atoms with Gasteiger partial charge < -0.3 is 75.7 Å². The number of aliphatic hydroxyl groups is 1. The Balaban J connectivity index is 3.30. The number of amides is 11. The lowest BCUT2D eigenvalue weighted by atomic mass is 9.99. The summed E-state index contributed by atoms with van der Waals surface area (Å²) in [4.78, 5) is 154. The average Bonchev–Trinajstić information content (AvgIpc) is 3.26. The molecule has 26 heteroatoms. The lowest BCUT2D eigenvalue weighted by Crippen LogP contribution is -2.61. The lowest BCUT2D eigenvalue weighted by Gasteiger charge is -2.28. The van der Waals surface area contributed by atoms with E-state index in [1.807, 2.05) is 0 Å². The molecule has 26 nitrogen and oxygen atoms in total. The topological polar surface area (TPSA) is 446 Å². The first-order valence-electron chi connectivity index (χ1n) is 23.5. The van der Waals surface area contributed by atoms with Crippen molar-refractivity contribution >= 4 is 70.9 Å². The molecular weight excluding hydrogens is 945 g/mol. The van der Waals surface area contributed by atoms with Crippen molar-refractivity contribution in [1.29, 1.82) is 0 Å². The normalized spacial score (nSPS) is 14.9. The van der Waals surface area contributed by atoms with E-state index in [1.54, 1.807) is 71.9 Å². The minimum absolute atomic E-state index is 0.0126. The maximum Gasteiger partial charge on any atom is 0.326 e. The zero-order valence-corrected chi connectivity index (χ0v) is 41.8. The maximum absolute atomic E-state index is 14.1. The summed E-state index contributed by atoms with van der Waals surface area (Å²) in [5, 5.41) is 39.3. The van der Waals surface area contributed by atoms with E-state index in [1.165, 1.54) is 0 Å². The van der Waals surface area contributed by atoms with Crippen LogP contribution in [0, 0.1) is 17.8 Å². The van der Waals surface area contributed by atoms with Crippen molar-refractivity contribution in [3.05, 3.63) is 35.9 Å². The van der Waals surface area contributed by atoms with E-state index in [0.29, 0.717) is 5.56 Å². The minimum atomic E-state index is -1.77. The Morgan fingerprint density at radius 2 is 0.931 bits per heavy atom. The number of hydrogen-bond donors (Lipinski definition) is 14. The summed E-state index contributed by atoms with van der Waals surface area (Å²) < 4.78 is 0. The van der Waals surface area contributed by atoms with Crippen LogP contribution in [0.3, 0.4) is 0 Å². The molecule has 0 aromatic heterocycles. The second-order valence-electron chi connectivity index (χ2n) is 18.7. The molecule has 0 saturated carbocycles. The van der Waals surface area contributed by atoms with Gasteiger partial charge in [0.25, 0.3) is 0 Å². The van der Waals surface area contributed by atoms with E-state index in [2.05, 4.69) is 42.5 Å². The van der Waals surface area contributed by atoms with Crippen molar-refractivity contribution < 1.29 is 67.7 Å². The third kappa shape index (κ3) is 24.6. The molecule has 0 spiro atoms. The molecule has 1 aromatic carbocycles.